The van der Waals surface area contributed by atoms with E-state index in [-0.39, 0.29) is 5.91 Å². The zero-order valence-corrected chi connectivity index (χ0v) is 14.3. The van der Waals surface area contributed by atoms with Gasteiger partial charge in [0.05, 0.1) is 0 Å². The molecule has 1 saturated carbocycles. The molecule has 2 unspecified atom stereocenters. The Morgan fingerprint density at radius 3 is 2.81 bits per heavy atom. The summed E-state index contributed by atoms with van der Waals surface area (Å²) in [4.78, 5) is 20.5. The molecule has 2 aromatic heterocycles. The maximum Gasteiger partial charge on any atom is 0.227 e. The lowest BCUT2D eigenvalue weighted by Gasteiger charge is -2.04. The van der Waals surface area contributed by atoms with Crippen molar-refractivity contribution in [1.82, 2.24) is 20.4 Å². The zero-order valence-electron chi connectivity index (χ0n) is 14.3. The minimum Gasteiger partial charge on any atom is -0.356 e. The Hall–Kier alpha value is -3.02. The van der Waals surface area contributed by atoms with Crippen molar-refractivity contribution in [3.8, 4) is 11.5 Å². The van der Waals surface area contributed by atoms with Gasteiger partial charge in [0.1, 0.15) is 5.69 Å². The molecule has 6 heteroatoms. The third-order valence-electron chi connectivity index (χ3n) is 4.64. The lowest BCUT2D eigenvalue weighted by Crippen LogP contribution is -2.26. The number of carbonyl (C=O) groups is 1. The molecular weight excluding hydrogens is 328 g/mol. The summed E-state index contributed by atoms with van der Waals surface area (Å²) < 4.78 is 5.20. The van der Waals surface area contributed by atoms with Crippen LogP contribution < -0.4 is 5.32 Å². The van der Waals surface area contributed by atoms with E-state index < -0.39 is 0 Å². The van der Waals surface area contributed by atoms with Gasteiger partial charge in [-0.3, -0.25) is 9.78 Å². The molecule has 1 aliphatic carbocycles. The Kier molecular flexibility index (Phi) is 4.73. The van der Waals surface area contributed by atoms with E-state index in [2.05, 4.69) is 44.7 Å². The third-order valence-corrected chi connectivity index (χ3v) is 4.64. The average Bonchev–Trinajstić information content (AvgIpc) is 3.33. The Bertz CT molecular complexity index is 864. The number of carbonyl (C=O) groups excluding carboxylic acids is 1. The predicted molar refractivity (Wildman–Crippen MR) is 96.1 cm³/mol. The van der Waals surface area contributed by atoms with Gasteiger partial charge in [-0.1, -0.05) is 41.6 Å². The third kappa shape index (κ3) is 3.96. The van der Waals surface area contributed by atoms with Gasteiger partial charge < -0.3 is 9.84 Å². The van der Waals surface area contributed by atoms with Gasteiger partial charge in [-0.25, -0.2) is 0 Å². The Balaban J connectivity index is 1.21. The van der Waals surface area contributed by atoms with Crippen LogP contribution in [-0.2, 0) is 11.2 Å². The van der Waals surface area contributed by atoms with Crippen LogP contribution in [0.3, 0.4) is 0 Å². The molecule has 1 fully saturated rings. The van der Waals surface area contributed by atoms with Crippen molar-refractivity contribution in [2.45, 2.75) is 25.2 Å². The van der Waals surface area contributed by atoms with Gasteiger partial charge in [-0.2, -0.15) is 4.98 Å². The number of nitrogens with one attached hydrogen (secondary N) is 1. The van der Waals surface area contributed by atoms with Crippen LogP contribution in [0.5, 0.6) is 0 Å². The molecular formula is C20H20N4O2. The van der Waals surface area contributed by atoms with Crippen LogP contribution in [0.2, 0.25) is 0 Å². The number of aromatic nitrogens is 3. The van der Waals surface area contributed by atoms with Crippen LogP contribution in [0, 0.1) is 5.92 Å². The first kappa shape index (κ1) is 16.4. The quantitative estimate of drug-likeness (QED) is 0.710. The topological polar surface area (TPSA) is 80.9 Å². The summed E-state index contributed by atoms with van der Waals surface area (Å²) in [7, 11) is 0. The molecule has 1 aliphatic rings. The molecule has 0 radical (unpaired) electrons. The van der Waals surface area contributed by atoms with Crippen molar-refractivity contribution in [3.05, 3.63) is 66.2 Å². The molecule has 0 saturated heterocycles. The normalized spacial score (nSPS) is 18.5. The fourth-order valence-corrected chi connectivity index (χ4v) is 3.09. The van der Waals surface area contributed by atoms with Crippen LogP contribution in [0.4, 0.5) is 0 Å². The molecule has 132 valence electrons. The van der Waals surface area contributed by atoms with Gasteiger partial charge in [0, 0.05) is 25.6 Å². The Labute approximate surface area is 151 Å². The van der Waals surface area contributed by atoms with Crippen molar-refractivity contribution in [2.75, 3.05) is 6.54 Å². The fourth-order valence-electron chi connectivity index (χ4n) is 3.09. The molecule has 2 atom stereocenters. The highest BCUT2D eigenvalue weighted by atomic mass is 16.5. The monoisotopic (exact) mass is 348 g/mol. The number of amides is 1. The predicted octanol–water partition coefficient (Wildman–Crippen LogP) is 2.98. The summed E-state index contributed by atoms with van der Waals surface area (Å²) in [5.74, 6) is 2.04. The molecule has 0 bridgehead atoms. The van der Waals surface area contributed by atoms with Crippen molar-refractivity contribution >= 4 is 5.91 Å². The zero-order chi connectivity index (χ0) is 17.8. The molecule has 26 heavy (non-hydrogen) atoms. The van der Waals surface area contributed by atoms with E-state index in [0.29, 0.717) is 42.1 Å². The second-order valence-electron chi connectivity index (χ2n) is 6.54. The highest BCUT2D eigenvalue weighted by Gasteiger charge is 2.37. The van der Waals surface area contributed by atoms with E-state index in [1.807, 2.05) is 24.3 Å². The van der Waals surface area contributed by atoms with E-state index in [1.165, 1.54) is 5.56 Å². The standard InChI is InChI=1S/C20H20N4O2/c25-18(22-13-15-12-16(15)14-6-2-1-3-7-14)9-10-19-23-20(24-26-19)17-8-4-5-11-21-17/h1-8,11,15-16H,9-10,12-13H2,(H,22,25). The van der Waals surface area contributed by atoms with Gasteiger partial charge in [0.25, 0.3) is 0 Å². The van der Waals surface area contributed by atoms with Crippen LogP contribution in [0.25, 0.3) is 11.5 Å². The maximum atomic E-state index is 12.1. The summed E-state index contributed by atoms with van der Waals surface area (Å²) in [6, 6.07) is 16.0. The molecule has 4 rings (SSSR count). The number of benzene rings is 1. The fraction of sp³-hybridized carbons (Fsp3) is 0.300. The van der Waals surface area contributed by atoms with Gasteiger partial charge in [-0.15, -0.1) is 0 Å². The molecule has 0 spiro atoms. The first-order chi connectivity index (χ1) is 12.8. The van der Waals surface area contributed by atoms with Crippen LogP contribution in [-0.4, -0.2) is 27.6 Å². The SMILES string of the molecule is O=C(CCc1nc(-c2ccccn2)no1)NCC1CC1c1ccccc1. The highest BCUT2D eigenvalue weighted by molar-refractivity contribution is 5.76. The van der Waals surface area contributed by atoms with Gasteiger partial charge in [0.15, 0.2) is 0 Å². The first-order valence-corrected chi connectivity index (χ1v) is 8.85. The van der Waals surface area contributed by atoms with Gasteiger partial charge in [0.2, 0.25) is 17.6 Å². The van der Waals surface area contributed by atoms with E-state index in [9.17, 15) is 4.79 Å². The number of aryl methyl sites for hydroxylation is 1. The highest BCUT2D eigenvalue weighted by Crippen LogP contribution is 2.46. The van der Waals surface area contributed by atoms with Crippen molar-refractivity contribution in [3.63, 3.8) is 0 Å². The van der Waals surface area contributed by atoms with Gasteiger partial charge in [-0.05, 0) is 36.0 Å². The minimum atomic E-state index is 0.0151. The lowest BCUT2D eigenvalue weighted by molar-refractivity contribution is -0.121. The molecule has 3 aromatic rings. The molecule has 1 aromatic carbocycles. The largest absolute Gasteiger partial charge is 0.356 e. The number of hydrogen-bond donors (Lipinski definition) is 1. The molecule has 1 N–H and O–H groups in total. The number of pyridine rings is 1. The van der Waals surface area contributed by atoms with E-state index in [4.69, 9.17) is 4.52 Å². The number of nitrogens with zero attached hydrogens (tertiary/aromatic N) is 3. The second-order valence-corrected chi connectivity index (χ2v) is 6.54. The number of rotatable bonds is 7. The van der Waals surface area contributed by atoms with E-state index in [0.717, 1.165) is 13.0 Å². The molecule has 2 heterocycles. The molecule has 0 aliphatic heterocycles. The Morgan fingerprint density at radius 1 is 1.15 bits per heavy atom. The molecule has 6 nitrogen and oxygen atoms in total. The smallest absolute Gasteiger partial charge is 0.227 e. The first-order valence-electron chi connectivity index (χ1n) is 8.85. The van der Waals surface area contributed by atoms with Crippen LogP contribution in [0.15, 0.2) is 59.3 Å². The maximum absolute atomic E-state index is 12.1. The van der Waals surface area contributed by atoms with Crippen LogP contribution in [0.1, 0.15) is 30.2 Å². The average molecular weight is 348 g/mol. The summed E-state index contributed by atoms with van der Waals surface area (Å²) in [5, 5.41) is 6.92. The van der Waals surface area contributed by atoms with Crippen molar-refractivity contribution in [1.29, 1.82) is 0 Å². The second kappa shape index (κ2) is 7.47. The van der Waals surface area contributed by atoms with E-state index >= 15 is 0 Å². The van der Waals surface area contributed by atoms with Gasteiger partial charge >= 0.3 is 0 Å². The summed E-state index contributed by atoms with van der Waals surface area (Å²) in [5.41, 5.74) is 2.02. The number of hydrogen-bond acceptors (Lipinski definition) is 5. The van der Waals surface area contributed by atoms with Crippen molar-refractivity contribution in [2.24, 2.45) is 5.92 Å². The summed E-state index contributed by atoms with van der Waals surface area (Å²) in [6.07, 6.45) is 3.59. The molecule has 1 amide bonds. The summed E-state index contributed by atoms with van der Waals surface area (Å²) in [6.45, 7) is 0.724. The Morgan fingerprint density at radius 2 is 2.00 bits per heavy atom. The van der Waals surface area contributed by atoms with E-state index in [1.54, 1.807) is 6.20 Å². The lowest BCUT2D eigenvalue weighted by atomic mass is 10.1. The van der Waals surface area contributed by atoms with Crippen LogP contribution >= 0.6 is 0 Å². The summed E-state index contributed by atoms with van der Waals surface area (Å²) >= 11 is 0. The minimum absolute atomic E-state index is 0.0151. The van der Waals surface area contributed by atoms with Crippen molar-refractivity contribution < 1.29 is 9.32 Å².